The van der Waals surface area contributed by atoms with Gasteiger partial charge in [0.2, 0.25) is 6.79 Å². The van der Waals surface area contributed by atoms with Crippen LogP contribution in [-0.2, 0) is 10.0 Å². The molecule has 138 valence electrons. The Morgan fingerprint density at radius 3 is 2.44 bits per heavy atom. The first-order valence-corrected chi connectivity index (χ1v) is 9.27. The quantitative estimate of drug-likeness (QED) is 0.693. The zero-order valence-corrected chi connectivity index (χ0v) is 14.5. The summed E-state index contributed by atoms with van der Waals surface area (Å²) in [4.78, 5) is 0.00195. The molecule has 0 amide bonds. The van der Waals surface area contributed by atoms with Gasteiger partial charge in [-0.1, -0.05) is 12.1 Å². The van der Waals surface area contributed by atoms with Crippen molar-refractivity contribution in [1.82, 2.24) is 10.2 Å². The van der Waals surface area contributed by atoms with E-state index in [0.29, 0.717) is 11.5 Å². The molecule has 1 aromatic heterocycles. The van der Waals surface area contributed by atoms with Gasteiger partial charge in [-0.25, -0.2) is 12.8 Å². The maximum absolute atomic E-state index is 13.6. The van der Waals surface area contributed by atoms with Crippen LogP contribution in [0.25, 0.3) is 0 Å². The number of ether oxygens (including phenoxy) is 2. The van der Waals surface area contributed by atoms with Gasteiger partial charge in [0, 0.05) is 6.07 Å². The standard InChI is InChI=1S/C17H13FN4O4S/c18-12-3-1-2-4-13(12)19-16-7-8-17(21-20-16)22-27(23,24)11-5-6-14-15(9-11)26-10-25-14/h1-9H,10H2,(H,19,20)(H,21,22). The molecule has 10 heteroatoms. The summed E-state index contributed by atoms with van der Waals surface area (Å²) in [5, 5.41) is 10.4. The molecule has 0 fully saturated rings. The third-order valence-corrected chi connectivity index (χ3v) is 5.05. The Morgan fingerprint density at radius 1 is 0.926 bits per heavy atom. The van der Waals surface area contributed by atoms with Crippen molar-refractivity contribution in [3.63, 3.8) is 0 Å². The summed E-state index contributed by atoms with van der Waals surface area (Å²) in [7, 11) is -3.88. The molecule has 0 aliphatic carbocycles. The van der Waals surface area contributed by atoms with Crippen LogP contribution in [0.1, 0.15) is 0 Å². The molecule has 0 spiro atoms. The van der Waals surface area contributed by atoms with Crippen LogP contribution in [0.15, 0.2) is 59.5 Å². The Bertz CT molecular complexity index is 1090. The second-order valence-corrected chi connectivity index (χ2v) is 7.21. The van der Waals surface area contributed by atoms with Crippen LogP contribution in [0.2, 0.25) is 0 Å². The van der Waals surface area contributed by atoms with Gasteiger partial charge in [-0.2, -0.15) is 0 Å². The highest BCUT2D eigenvalue weighted by atomic mass is 32.2. The van der Waals surface area contributed by atoms with Gasteiger partial charge in [0.25, 0.3) is 10.0 Å². The summed E-state index contributed by atoms with van der Waals surface area (Å²) in [5.41, 5.74) is 0.237. The highest BCUT2D eigenvalue weighted by molar-refractivity contribution is 7.92. The Morgan fingerprint density at radius 2 is 1.67 bits per heavy atom. The largest absolute Gasteiger partial charge is 0.454 e. The van der Waals surface area contributed by atoms with Gasteiger partial charge < -0.3 is 14.8 Å². The van der Waals surface area contributed by atoms with Gasteiger partial charge in [0.1, 0.15) is 5.82 Å². The monoisotopic (exact) mass is 388 g/mol. The smallest absolute Gasteiger partial charge is 0.263 e. The topological polar surface area (TPSA) is 102 Å². The molecule has 2 aromatic carbocycles. The number of benzene rings is 2. The number of sulfonamides is 1. The van der Waals surface area contributed by atoms with E-state index in [-0.39, 0.29) is 29.0 Å². The normalized spacial score (nSPS) is 12.6. The molecule has 4 rings (SSSR count). The fraction of sp³-hybridized carbons (Fsp3) is 0.0588. The number of hydrogen-bond acceptors (Lipinski definition) is 7. The molecule has 1 aliphatic heterocycles. The number of fused-ring (bicyclic) bond motifs is 1. The average Bonchev–Trinajstić information content (AvgIpc) is 3.13. The number of anilines is 3. The number of nitrogens with zero attached hydrogens (tertiary/aromatic N) is 2. The summed E-state index contributed by atoms with van der Waals surface area (Å²) in [6.45, 7) is 0.0498. The molecular weight excluding hydrogens is 375 g/mol. The first-order valence-electron chi connectivity index (χ1n) is 7.79. The van der Waals surface area contributed by atoms with Gasteiger partial charge in [-0.15, -0.1) is 10.2 Å². The van der Waals surface area contributed by atoms with Crippen molar-refractivity contribution in [2.75, 3.05) is 16.8 Å². The minimum absolute atomic E-state index is 0.00195. The summed E-state index contributed by atoms with van der Waals surface area (Å²) < 4.78 is 51.3. The van der Waals surface area contributed by atoms with Crippen molar-refractivity contribution in [2.24, 2.45) is 0 Å². The zero-order valence-electron chi connectivity index (χ0n) is 13.7. The lowest BCUT2D eigenvalue weighted by Gasteiger charge is -2.09. The Balaban J connectivity index is 1.50. The Labute approximate surface area is 154 Å². The van der Waals surface area contributed by atoms with Crippen molar-refractivity contribution in [2.45, 2.75) is 4.90 Å². The van der Waals surface area contributed by atoms with Crippen molar-refractivity contribution in [3.8, 4) is 11.5 Å². The minimum atomic E-state index is -3.88. The van der Waals surface area contributed by atoms with Gasteiger partial charge in [-0.05, 0) is 36.4 Å². The molecule has 8 nitrogen and oxygen atoms in total. The van der Waals surface area contributed by atoms with Crippen molar-refractivity contribution in [1.29, 1.82) is 0 Å². The van der Waals surface area contributed by atoms with Crippen molar-refractivity contribution < 1.29 is 22.3 Å². The van der Waals surface area contributed by atoms with Crippen LogP contribution in [0.4, 0.5) is 21.7 Å². The first-order chi connectivity index (χ1) is 13.0. The molecule has 0 saturated heterocycles. The third-order valence-electron chi connectivity index (χ3n) is 3.69. The van der Waals surface area contributed by atoms with Gasteiger partial charge in [0.05, 0.1) is 10.6 Å². The highest BCUT2D eigenvalue weighted by Crippen LogP contribution is 2.34. The Hall–Kier alpha value is -3.40. The minimum Gasteiger partial charge on any atom is -0.454 e. The molecule has 2 heterocycles. The van der Waals surface area contributed by atoms with E-state index in [1.807, 2.05) is 0 Å². The molecule has 0 saturated carbocycles. The molecule has 0 bridgehead atoms. The van der Waals surface area contributed by atoms with Gasteiger partial charge >= 0.3 is 0 Å². The predicted octanol–water partition coefficient (Wildman–Crippen LogP) is 2.89. The van der Waals surface area contributed by atoms with Crippen LogP contribution in [0.3, 0.4) is 0 Å². The zero-order chi connectivity index (χ0) is 18.9. The second kappa shape index (κ2) is 6.72. The fourth-order valence-corrected chi connectivity index (χ4v) is 3.41. The van der Waals surface area contributed by atoms with Crippen molar-refractivity contribution >= 4 is 27.3 Å². The van der Waals surface area contributed by atoms with E-state index in [2.05, 4.69) is 20.2 Å². The van der Waals surface area contributed by atoms with Crippen LogP contribution in [0, 0.1) is 5.82 Å². The molecule has 2 N–H and O–H groups in total. The van der Waals surface area contributed by atoms with Crippen molar-refractivity contribution in [3.05, 3.63) is 60.4 Å². The van der Waals surface area contributed by atoms with E-state index in [9.17, 15) is 12.8 Å². The molecule has 1 aliphatic rings. The predicted molar refractivity (Wildman–Crippen MR) is 95.1 cm³/mol. The highest BCUT2D eigenvalue weighted by Gasteiger charge is 2.21. The van der Waals surface area contributed by atoms with Crippen LogP contribution in [0.5, 0.6) is 11.5 Å². The first kappa shape index (κ1) is 17.0. The lowest BCUT2D eigenvalue weighted by atomic mass is 10.3. The fourth-order valence-electron chi connectivity index (χ4n) is 2.39. The Kier molecular flexibility index (Phi) is 4.24. The lowest BCUT2D eigenvalue weighted by molar-refractivity contribution is 0.174. The summed E-state index contributed by atoms with van der Waals surface area (Å²) in [6.07, 6.45) is 0. The number of halogens is 1. The SMILES string of the molecule is O=S(=O)(Nc1ccc(Nc2ccccc2F)nn1)c1ccc2c(c1)OCO2. The number of rotatable bonds is 5. The number of aromatic nitrogens is 2. The van der Waals surface area contributed by atoms with Crippen LogP contribution >= 0.6 is 0 Å². The van der Waals surface area contributed by atoms with Gasteiger partial charge in [0.15, 0.2) is 23.1 Å². The third kappa shape index (κ3) is 3.60. The lowest BCUT2D eigenvalue weighted by Crippen LogP contribution is -2.14. The summed E-state index contributed by atoms with van der Waals surface area (Å²) in [5.74, 6) is 0.690. The number of hydrogen-bond donors (Lipinski definition) is 2. The summed E-state index contributed by atoms with van der Waals surface area (Å²) in [6, 6.07) is 13.3. The van der Waals surface area contributed by atoms with Crippen LogP contribution in [-0.4, -0.2) is 25.4 Å². The van der Waals surface area contributed by atoms with E-state index in [0.717, 1.165) is 0 Å². The molecule has 0 unspecified atom stereocenters. The van der Waals surface area contributed by atoms with E-state index in [1.165, 1.54) is 36.4 Å². The average molecular weight is 388 g/mol. The summed E-state index contributed by atoms with van der Waals surface area (Å²) >= 11 is 0. The second-order valence-electron chi connectivity index (χ2n) is 5.53. The van der Waals surface area contributed by atoms with E-state index >= 15 is 0 Å². The molecule has 27 heavy (non-hydrogen) atoms. The number of nitrogens with one attached hydrogen (secondary N) is 2. The molecule has 0 radical (unpaired) electrons. The van der Waals surface area contributed by atoms with Gasteiger partial charge in [-0.3, -0.25) is 4.72 Å². The molecule has 3 aromatic rings. The van der Waals surface area contributed by atoms with E-state index < -0.39 is 15.8 Å². The van der Waals surface area contributed by atoms with Crippen LogP contribution < -0.4 is 19.5 Å². The number of para-hydroxylation sites is 1. The molecule has 0 atom stereocenters. The molecular formula is C17H13FN4O4S. The van der Waals surface area contributed by atoms with E-state index in [4.69, 9.17) is 9.47 Å². The van der Waals surface area contributed by atoms with E-state index in [1.54, 1.807) is 18.2 Å². The maximum atomic E-state index is 13.6. The maximum Gasteiger partial charge on any atom is 0.263 e.